The Morgan fingerprint density at radius 1 is 1.19 bits per heavy atom. The number of anilines is 1. The summed E-state index contributed by atoms with van der Waals surface area (Å²) in [5, 5.41) is 6.65. The van der Waals surface area contributed by atoms with Crippen molar-refractivity contribution in [1.82, 2.24) is 15.6 Å². The Morgan fingerprint density at radius 3 is 2.63 bits per heavy atom. The van der Waals surface area contributed by atoms with Crippen LogP contribution in [0.2, 0.25) is 0 Å². The van der Waals surface area contributed by atoms with Gasteiger partial charge in [0.25, 0.3) is 0 Å². The quantitative estimate of drug-likeness (QED) is 0.360. The average Bonchev–Trinajstić information content (AvgIpc) is 2.64. The normalized spacial score (nSPS) is 10.8. The number of aryl methyl sites for hydroxylation is 1. The predicted molar refractivity (Wildman–Crippen MR) is 123 cm³/mol. The first kappa shape index (κ1) is 23.0. The van der Waals surface area contributed by atoms with E-state index in [2.05, 4.69) is 52.7 Å². The second-order valence-electron chi connectivity index (χ2n) is 6.28. The van der Waals surface area contributed by atoms with Gasteiger partial charge in [0, 0.05) is 38.9 Å². The Balaban J connectivity index is 0.00000364. The topological polar surface area (TPSA) is 61.8 Å². The molecule has 0 saturated carbocycles. The van der Waals surface area contributed by atoms with Crippen LogP contribution in [-0.2, 0) is 13.1 Å². The summed E-state index contributed by atoms with van der Waals surface area (Å²) >= 11 is 0. The van der Waals surface area contributed by atoms with Crippen molar-refractivity contribution in [3.8, 4) is 5.75 Å². The average molecular weight is 483 g/mol. The summed E-state index contributed by atoms with van der Waals surface area (Å²) in [5.74, 6) is 2.59. The fraction of sp³-hybridized carbons (Fsp3) is 0.400. The fourth-order valence-electron chi connectivity index (χ4n) is 2.49. The molecule has 0 saturated heterocycles. The SMILES string of the molecule is CCNC(=NCc1ccnc(N(C)C)c1)NCc1ccc(C)cc1OC.I. The van der Waals surface area contributed by atoms with E-state index in [1.165, 1.54) is 5.56 Å². The van der Waals surface area contributed by atoms with E-state index in [-0.39, 0.29) is 24.0 Å². The Kier molecular flexibility index (Phi) is 9.92. The second kappa shape index (κ2) is 11.6. The highest BCUT2D eigenvalue weighted by Crippen LogP contribution is 2.19. The molecule has 0 unspecified atom stereocenters. The molecule has 6 nitrogen and oxygen atoms in total. The summed E-state index contributed by atoms with van der Waals surface area (Å²) in [5.41, 5.74) is 3.40. The third-order valence-electron chi connectivity index (χ3n) is 3.92. The summed E-state index contributed by atoms with van der Waals surface area (Å²) < 4.78 is 5.47. The molecule has 0 aliphatic rings. The Labute approximate surface area is 179 Å². The van der Waals surface area contributed by atoms with E-state index in [1.54, 1.807) is 7.11 Å². The zero-order valence-electron chi connectivity index (χ0n) is 16.7. The molecule has 1 aromatic heterocycles. The molecule has 0 aliphatic heterocycles. The van der Waals surface area contributed by atoms with Gasteiger partial charge < -0.3 is 20.3 Å². The maximum absolute atomic E-state index is 5.47. The first-order valence-corrected chi connectivity index (χ1v) is 8.81. The first-order chi connectivity index (χ1) is 12.5. The van der Waals surface area contributed by atoms with Gasteiger partial charge in [0.05, 0.1) is 13.7 Å². The summed E-state index contributed by atoms with van der Waals surface area (Å²) in [7, 11) is 5.66. The highest BCUT2D eigenvalue weighted by atomic mass is 127. The molecule has 2 N–H and O–H groups in total. The Hall–Kier alpha value is -2.03. The number of benzene rings is 1. The molecule has 0 radical (unpaired) electrons. The second-order valence-corrected chi connectivity index (χ2v) is 6.28. The van der Waals surface area contributed by atoms with E-state index < -0.39 is 0 Å². The van der Waals surface area contributed by atoms with E-state index in [0.29, 0.717) is 13.1 Å². The molecule has 0 spiro atoms. The van der Waals surface area contributed by atoms with Crippen LogP contribution in [0.1, 0.15) is 23.6 Å². The number of ether oxygens (including phenoxy) is 1. The van der Waals surface area contributed by atoms with Gasteiger partial charge >= 0.3 is 0 Å². The van der Waals surface area contributed by atoms with Gasteiger partial charge in [-0.15, -0.1) is 24.0 Å². The highest BCUT2D eigenvalue weighted by Gasteiger charge is 2.05. The number of aliphatic imine (C=N–C) groups is 1. The molecule has 0 bridgehead atoms. The zero-order valence-corrected chi connectivity index (χ0v) is 19.1. The van der Waals surface area contributed by atoms with Crippen molar-refractivity contribution < 1.29 is 4.74 Å². The maximum Gasteiger partial charge on any atom is 0.191 e. The molecule has 2 aromatic rings. The number of nitrogens with one attached hydrogen (secondary N) is 2. The Morgan fingerprint density at radius 2 is 1.96 bits per heavy atom. The molecule has 1 aromatic carbocycles. The minimum absolute atomic E-state index is 0. The standard InChI is InChI=1S/C20H29N5O.HI/c1-6-21-20(23-13-16-9-10-22-19(12-16)25(3)4)24-14-17-8-7-15(2)11-18(17)26-5;/h7-12H,6,13-14H2,1-5H3,(H2,21,23,24);1H. The molecule has 0 fully saturated rings. The molecule has 148 valence electrons. The van der Waals surface area contributed by atoms with Gasteiger partial charge in [-0.1, -0.05) is 12.1 Å². The Bertz CT molecular complexity index is 749. The van der Waals surface area contributed by atoms with E-state index in [0.717, 1.165) is 35.2 Å². The van der Waals surface area contributed by atoms with Gasteiger partial charge in [-0.3, -0.25) is 0 Å². The molecular formula is C20H30IN5O. The predicted octanol–water partition coefficient (Wildman–Crippen LogP) is 3.34. The van der Waals surface area contributed by atoms with E-state index in [1.807, 2.05) is 37.3 Å². The summed E-state index contributed by atoms with van der Waals surface area (Å²) in [4.78, 5) is 11.0. The lowest BCUT2D eigenvalue weighted by molar-refractivity contribution is 0.408. The summed E-state index contributed by atoms with van der Waals surface area (Å²) in [6.07, 6.45) is 1.82. The van der Waals surface area contributed by atoms with Crippen molar-refractivity contribution in [2.24, 2.45) is 4.99 Å². The van der Waals surface area contributed by atoms with Crippen LogP contribution in [0, 0.1) is 6.92 Å². The third kappa shape index (κ3) is 7.24. The number of nitrogens with zero attached hydrogens (tertiary/aromatic N) is 3. The van der Waals surface area contributed by atoms with Gasteiger partial charge in [0.1, 0.15) is 11.6 Å². The smallest absolute Gasteiger partial charge is 0.191 e. The van der Waals surface area contributed by atoms with Crippen molar-refractivity contribution >= 4 is 35.8 Å². The van der Waals surface area contributed by atoms with Crippen LogP contribution in [0.5, 0.6) is 5.75 Å². The molecule has 7 heteroatoms. The third-order valence-corrected chi connectivity index (χ3v) is 3.92. The zero-order chi connectivity index (χ0) is 18.9. The largest absolute Gasteiger partial charge is 0.496 e. The van der Waals surface area contributed by atoms with E-state index in [4.69, 9.17) is 4.74 Å². The molecule has 1 heterocycles. The molecular weight excluding hydrogens is 453 g/mol. The van der Waals surface area contributed by atoms with Gasteiger partial charge in [-0.05, 0) is 43.2 Å². The minimum atomic E-state index is 0. The molecule has 27 heavy (non-hydrogen) atoms. The van der Waals surface area contributed by atoms with Crippen LogP contribution < -0.4 is 20.3 Å². The number of hydrogen-bond acceptors (Lipinski definition) is 4. The first-order valence-electron chi connectivity index (χ1n) is 8.81. The van der Waals surface area contributed by atoms with E-state index >= 15 is 0 Å². The van der Waals surface area contributed by atoms with Gasteiger partial charge in [-0.2, -0.15) is 0 Å². The van der Waals surface area contributed by atoms with Gasteiger partial charge in [-0.25, -0.2) is 9.98 Å². The lowest BCUT2D eigenvalue weighted by atomic mass is 10.1. The number of aromatic nitrogens is 1. The van der Waals surface area contributed by atoms with Crippen LogP contribution >= 0.6 is 24.0 Å². The van der Waals surface area contributed by atoms with Crippen LogP contribution in [-0.4, -0.2) is 38.7 Å². The number of methoxy groups -OCH3 is 1. The molecule has 0 aliphatic carbocycles. The van der Waals surface area contributed by atoms with E-state index in [9.17, 15) is 0 Å². The van der Waals surface area contributed by atoms with Crippen molar-refractivity contribution in [2.45, 2.75) is 26.9 Å². The molecule has 2 rings (SSSR count). The summed E-state index contributed by atoms with van der Waals surface area (Å²) in [6, 6.07) is 10.3. The monoisotopic (exact) mass is 483 g/mol. The van der Waals surface area contributed by atoms with Crippen molar-refractivity contribution in [1.29, 1.82) is 0 Å². The van der Waals surface area contributed by atoms with Crippen LogP contribution in [0.4, 0.5) is 5.82 Å². The van der Waals surface area contributed by atoms with Crippen molar-refractivity contribution in [3.05, 3.63) is 53.2 Å². The van der Waals surface area contributed by atoms with Crippen molar-refractivity contribution in [2.75, 3.05) is 32.6 Å². The number of pyridine rings is 1. The fourth-order valence-corrected chi connectivity index (χ4v) is 2.49. The lowest BCUT2D eigenvalue weighted by Gasteiger charge is -2.14. The molecule has 0 amide bonds. The maximum atomic E-state index is 5.47. The summed E-state index contributed by atoms with van der Waals surface area (Å²) in [6.45, 7) is 6.15. The number of guanidine groups is 1. The number of rotatable bonds is 7. The van der Waals surface area contributed by atoms with Gasteiger partial charge in [0.2, 0.25) is 0 Å². The lowest BCUT2D eigenvalue weighted by Crippen LogP contribution is -2.36. The number of halogens is 1. The van der Waals surface area contributed by atoms with Crippen molar-refractivity contribution in [3.63, 3.8) is 0 Å². The van der Waals surface area contributed by atoms with Gasteiger partial charge in [0.15, 0.2) is 5.96 Å². The van der Waals surface area contributed by atoms with Crippen LogP contribution in [0.3, 0.4) is 0 Å². The highest BCUT2D eigenvalue weighted by molar-refractivity contribution is 14.0. The van der Waals surface area contributed by atoms with Crippen LogP contribution in [0.15, 0.2) is 41.5 Å². The number of hydrogen-bond donors (Lipinski definition) is 2. The van der Waals surface area contributed by atoms with Crippen LogP contribution in [0.25, 0.3) is 0 Å². The molecule has 0 atom stereocenters. The minimum Gasteiger partial charge on any atom is -0.496 e.